The lowest BCUT2D eigenvalue weighted by molar-refractivity contribution is -0.116. The minimum absolute atomic E-state index is 0.231. The first kappa shape index (κ1) is 21.9. The topological polar surface area (TPSA) is 51.2 Å². The monoisotopic (exact) mass is 418 g/mol. The summed E-state index contributed by atoms with van der Waals surface area (Å²) in [4.78, 5) is 27.6. The molecule has 2 fully saturated rings. The summed E-state index contributed by atoms with van der Waals surface area (Å²) in [6, 6.07) is 8.28. The van der Waals surface area contributed by atoms with Crippen LogP contribution >= 0.6 is 7.14 Å². The van der Waals surface area contributed by atoms with E-state index in [2.05, 4.69) is 39.5 Å². The van der Waals surface area contributed by atoms with E-state index in [1.807, 2.05) is 0 Å². The Balaban J connectivity index is 2.12. The largest absolute Gasteiger partial charge is 0.302 e. The lowest BCUT2D eigenvalue weighted by Gasteiger charge is -2.33. The molecule has 154 valence electrons. The van der Waals surface area contributed by atoms with Crippen molar-refractivity contribution in [2.24, 2.45) is 11.8 Å². The first-order chi connectivity index (χ1) is 14.1. The average Bonchev–Trinajstić information content (AvgIpc) is 2.66. The highest BCUT2D eigenvalue weighted by Crippen LogP contribution is 2.57. The van der Waals surface area contributed by atoms with Crippen molar-refractivity contribution in [2.45, 2.75) is 25.7 Å². The Hall–Kier alpha value is -2.77. The minimum Gasteiger partial charge on any atom is -0.302 e. The molecule has 0 N–H and O–H groups in total. The number of rotatable bonds is 5. The minimum atomic E-state index is -4.16. The van der Waals surface area contributed by atoms with Crippen molar-refractivity contribution in [3.63, 3.8) is 0 Å². The summed E-state index contributed by atoms with van der Waals surface area (Å²) in [5.74, 6) is -1.66. The highest BCUT2D eigenvalue weighted by Gasteiger charge is 2.50. The Morgan fingerprint density at radius 3 is 1.33 bits per heavy atom. The Labute approximate surface area is 178 Å². The van der Waals surface area contributed by atoms with Gasteiger partial charge >= 0.3 is 0 Å². The Morgan fingerprint density at radius 1 is 0.667 bits per heavy atom. The smallest absolute Gasteiger partial charge is 0.240 e. The van der Waals surface area contributed by atoms with E-state index in [0.29, 0.717) is 48.0 Å². The van der Waals surface area contributed by atoms with Gasteiger partial charge in [0.25, 0.3) is 0 Å². The highest BCUT2D eigenvalue weighted by molar-refractivity contribution is 8.00. The molecule has 0 saturated heterocycles. The van der Waals surface area contributed by atoms with Gasteiger partial charge < -0.3 is 4.57 Å². The number of carbonyl (C=O) groups excluding carboxylic acids is 2. The van der Waals surface area contributed by atoms with Crippen molar-refractivity contribution < 1.29 is 14.2 Å². The molecule has 0 radical (unpaired) electrons. The van der Waals surface area contributed by atoms with Crippen LogP contribution in [0.15, 0.2) is 103 Å². The van der Waals surface area contributed by atoms with Crippen LogP contribution in [-0.2, 0) is 14.2 Å². The van der Waals surface area contributed by atoms with Crippen LogP contribution in [0.1, 0.15) is 25.7 Å². The molecule has 0 aliphatic heterocycles. The molecule has 3 nitrogen and oxygen atoms in total. The predicted molar refractivity (Wildman–Crippen MR) is 124 cm³/mol. The number of hydrogen-bond acceptors (Lipinski definition) is 3. The first-order valence-electron chi connectivity index (χ1n) is 9.85. The molecule has 0 heterocycles. The van der Waals surface area contributed by atoms with E-state index >= 15 is 0 Å². The van der Waals surface area contributed by atoms with E-state index in [1.54, 1.807) is 30.3 Å². The van der Waals surface area contributed by atoms with Gasteiger partial charge in [-0.3, -0.25) is 9.59 Å². The van der Waals surface area contributed by atoms with Crippen LogP contribution < -0.4 is 5.30 Å². The lowest BCUT2D eigenvalue weighted by atomic mass is 9.80. The number of carbonyl (C=O) groups is 2. The van der Waals surface area contributed by atoms with E-state index in [1.165, 1.54) is 0 Å². The van der Waals surface area contributed by atoms with Gasteiger partial charge in [-0.05, 0) is 25.7 Å². The molecule has 2 aliphatic carbocycles. The van der Waals surface area contributed by atoms with Crippen molar-refractivity contribution in [1.82, 2.24) is 0 Å². The van der Waals surface area contributed by atoms with Crippen LogP contribution in [0.2, 0.25) is 0 Å². The second-order valence-corrected chi connectivity index (χ2v) is 10.9. The summed E-state index contributed by atoms with van der Waals surface area (Å²) in [6.07, 6.45) is 1.84. The summed E-state index contributed by atoms with van der Waals surface area (Å²) < 4.78 is 14.5. The van der Waals surface area contributed by atoms with Crippen molar-refractivity contribution in [3.05, 3.63) is 103 Å². The Bertz CT molecular complexity index is 967. The molecule has 0 aromatic heterocycles. The maximum absolute atomic E-state index is 14.5. The summed E-state index contributed by atoms with van der Waals surface area (Å²) in [6.45, 7) is 24.0. The molecule has 1 aromatic carbocycles. The number of allylic oxidation sites excluding steroid dienone is 6. The van der Waals surface area contributed by atoms with Crippen LogP contribution in [0, 0.1) is 11.8 Å². The third kappa shape index (κ3) is 3.70. The summed E-state index contributed by atoms with van der Waals surface area (Å²) in [5.41, 5.74) is 2.90. The van der Waals surface area contributed by atoms with Crippen LogP contribution in [0.4, 0.5) is 0 Å². The van der Waals surface area contributed by atoms with Gasteiger partial charge in [0.2, 0.25) is 18.2 Å². The molecule has 1 aromatic rings. The molecule has 0 spiro atoms. The fourth-order valence-corrected chi connectivity index (χ4v) is 7.23. The third-order valence-electron chi connectivity index (χ3n) is 5.78. The van der Waals surface area contributed by atoms with Gasteiger partial charge in [0.15, 0.2) is 0 Å². The zero-order chi connectivity index (χ0) is 22.2. The maximum atomic E-state index is 14.5. The van der Waals surface area contributed by atoms with Crippen LogP contribution in [0.25, 0.3) is 0 Å². The van der Waals surface area contributed by atoms with Gasteiger partial charge in [-0.15, -0.1) is 0 Å². The molecule has 2 aliphatic rings. The Morgan fingerprint density at radius 2 is 1.00 bits per heavy atom. The zero-order valence-electron chi connectivity index (χ0n) is 17.3. The quantitative estimate of drug-likeness (QED) is 0.443. The normalized spacial score (nSPS) is 19.3. The third-order valence-corrected chi connectivity index (χ3v) is 8.56. The molecule has 4 heteroatoms. The molecule has 0 bridgehead atoms. The molecule has 0 atom stereocenters. The molecule has 3 rings (SSSR count). The molecular weight excluding hydrogens is 391 g/mol. The summed E-state index contributed by atoms with van der Waals surface area (Å²) in [5, 5.41) is 0.231. The highest BCUT2D eigenvalue weighted by atomic mass is 31.2. The van der Waals surface area contributed by atoms with Gasteiger partial charge in [0.1, 0.15) is 0 Å². The molecule has 0 amide bonds. The standard InChI is InChI=1S/C26H27O3P/c1-16-12-18(3)23(19(4)13-16)25(27)30(29,22-10-8-7-9-11-22)26(28)24-20(5)14-17(2)15-21(24)6/h7-11,23-24H,1-6,12-15H2. The molecule has 0 unspecified atom stereocenters. The van der Waals surface area contributed by atoms with E-state index in [0.717, 1.165) is 11.1 Å². The van der Waals surface area contributed by atoms with E-state index in [4.69, 9.17) is 0 Å². The van der Waals surface area contributed by atoms with Gasteiger partial charge in [0.05, 0.1) is 11.8 Å². The van der Waals surface area contributed by atoms with Crippen LogP contribution in [0.3, 0.4) is 0 Å². The molecule has 30 heavy (non-hydrogen) atoms. The molecular formula is C26H27O3P. The van der Waals surface area contributed by atoms with Crippen molar-refractivity contribution in [3.8, 4) is 0 Å². The van der Waals surface area contributed by atoms with E-state index in [9.17, 15) is 14.2 Å². The SMILES string of the molecule is C=C1CC(=C)C(C(=O)P(=O)(C(=O)C2C(=C)CC(=C)CC2=C)c2ccccc2)C(=C)C1. The van der Waals surface area contributed by atoms with E-state index in [-0.39, 0.29) is 5.30 Å². The summed E-state index contributed by atoms with van der Waals surface area (Å²) in [7, 11) is -4.16. The van der Waals surface area contributed by atoms with E-state index < -0.39 is 30.0 Å². The fourth-order valence-electron chi connectivity index (χ4n) is 4.46. The molecule has 2 saturated carbocycles. The van der Waals surface area contributed by atoms with Crippen LogP contribution in [0.5, 0.6) is 0 Å². The lowest BCUT2D eigenvalue weighted by Crippen LogP contribution is -2.33. The second-order valence-electron chi connectivity index (χ2n) is 8.33. The Kier molecular flexibility index (Phi) is 5.97. The predicted octanol–water partition coefficient (Wildman–Crippen LogP) is 5.89. The summed E-state index contributed by atoms with van der Waals surface area (Å²) >= 11 is 0. The average molecular weight is 418 g/mol. The zero-order valence-corrected chi connectivity index (χ0v) is 18.2. The second kappa shape index (κ2) is 8.16. The van der Waals surface area contributed by atoms with Gasteiger partial charge in [-0.2, -0.15) is 0 Å². The number of benzene rings is 1. The van der Waals surface area contributed by atoms with Crippen molar-refractivity contribution >= 4 is 23.5 Å². The number of hydrogen-bond donors (Lipinski definition) is 0. The van der Waals surface area contributed by atoms with Gasteiger partial charge in [-0.25, -0.2) is 0 Å². The van der Waals surface area contributed by atoms with Gasteiger partial charge in [-0.1, -0.05) is 103 Å². The maximum Gasteiger partial charge on any atom is 0.240 e. The van der Waals surface area contributed by atoms with Crippen molar-refractivity contribution in [1.29, 1.82) is 0 Å². The van der Waals surface area contributed by atoms with Crippen molar-refractivity contribution in [2.75, 3.05) is 0 Å². The first-order valence-corrected chi connectivity index (χ1v) is 11.6. The van der Waals surface area contributed by atoms with Crippen LogP contribution in [-0.4, -0.2) is 11.0 Å². The fraction of sp³-hybridized carbons (Fsp3) is 0.231. The van der Waals surface area contributed by atoms with Gasteiger partial charge in [0, 0.05) is 5.30 Å².